The van der Waals surface area contributed by atoms with E-state index < -0.39 is 0 Å². The second-order valence-electron chi connectivity index (χ2n) is 9.33. The van der Waals surface area contributed by atoms with Gasteiger partial charge in [-0.25, -0.2) is 0 Å². The number of piperidine rings is 1. The number of rotatable bonds is 3. The molecule has 1 fully saturated rings. The molecule has 2 heterocycles. The third-order valence-electron chi connectivity index (χ3n) is 7.83. The van der Waals surface area contributed by atoms with Gasteiger partial charge >= 0.3 is 0 Å². The lowest BCUT2D eigenvalue weighted by Crippen LogP contribution is -2.41. The molecule has 0 unspecified atom stereocenters. The van der Waals surface area contributed by atoms with Gasteiger partial charge in [0.05, 0.1) is 0 Å². The molecule has 0 bridgehead atoms. The number of likely N-dealkylation sites (tertiary alicyclic amines) is 1. The molecule has 2 aliphatic rings. The largest absolute Gasteiger partial charge is 0.341 e. The minimum Gasteiger partial charge on any atom is -0.341 e. The van der Waals surface area contributed by atoms with Crippen LogP contribution in [0, 0.1) is 0 Å². The zero-order valence-corrected chi connectivity index (χ0v) is 17.9. The number of benzene rings is 3. The van der Waals surface area contributed by atoms with Crippen molar-refractivity contribution in [1.29, 1.82) is 0 Å². The maximum absolute atomic E-state index is 2.67. The summed E-state index contributed by atoms with van der Waals surface area (Å²) in [6.07, 6.45) is 5.24. The van der Waals surface area contributed by atoms with Gasteiger partial charge in [-0.2, -0.15) is 0 Å². The van der Waals surface area contributed by atoms with Crippen LogP contribution >= 0.6 is 0 Å². The van der Waals surface area contributed by atoms with Crippen LogP contribution in [0.15, 0.2) is 66.7 Å². The molecule has 4 aromatic rings. The van der Waals surface area contributed by atoms with E-state index in [9.17, 15) is 0 Å². The minimum atomic E-state index is 0.450. The Hall–Kier alpha value is -2.58. The lowest BCUT2D eigenvalue weighted by molar-refractivity contribution is 0.152. The van der Waals surface area contributed by atoms with Crippen LogP contribution in [-0.4, -0.2) is 22.6 Å². The molecular formula is C28H30N2. The van der Waals surface area contributed by atoms with Gasteiger partial charge in [-0.1, -0.05) is 48.5 Å². The zero-order chi connectivity index (χ0) is 20.1. The van der Waals surface area contributed by atoms with Crippen molar-refractivity contribution in [2.24, 2.45) is 0 Å². The van der Waals surface area contributed by atoms with Crippen LogP contribution in [-0.2, 0) is 24.9 Å². The van der Waals surface area contributed by atoms with Crippen molar-refractivity contribution < 1.29 is 0 Å². The molecule has 30 heavy (non-hydrogen) atoms. The van der Waals surface area contributed by atoms with Crippen LogP contribution in [0.2, 0.25) is 0 Å². The smallest absolute Gasteiger partial charge is 0.0491 e. The van der Waals surface area contributed by atoms with Gasteiger partial charge in [0, 0.05) is 34.9 Å². The number of fused-ring (bicyclic) bond motifs is 5. The predicted octanol–water partition coefficient (Wildman–Crippen LogP) is 6.29. The first-order valence-corrected chi connectivity index (χ1v) is 11.6. The monoisotopic (exact) mass is 394 g/mol. The van der Waals surface area contributed by atoms with Gasteiger partial charge in [0.15, 0.2) is 0 Å². The van der Waals surface area contributed by atoms with Crippen molar-refractivity contribution in [1.82, 2.24) is 9.47 Å². The van der Waals surface area contributed by atoms with Gasteiger partial charge in [-0.05, 0) is 86.0 Å². The summed E-state index contributed by atoms with van der Waals surface area (Å²) in [5, 5.41) is 2.79. The summed E-state index contributed by atoms with van der Waals surface area (Å²) in [6, 6.07) is 25.2. The molecule has 1 aliphatic heterocycles. The molecule has 2 nitrogen and oxygen atoms in total. The maximum Gasteiger partial charge on any atom is 0.0491 e. The third kappa shape index (κ3) is 2.74. The van der Waals surface area contributed by atoms with E-state index in [2.05, 4.69) is 83.1 Å². The SMILES string of the molecule is CCn1c2ccccc2c2cc(CN3CCC4(CCc5ccccc54)CC3)ccc21. The molecule has 6 rings (SSSR count). The Labute approximate surface area is 179 Å². The number of para-hydroxylation sites is 1. The van der Waals surface area contributed by atoms with E-state index in [0.29, 0.717) is 5.41 Å². The summed E-state index contributed by atoms with van der Waals surface area (Å²) >= 11 is 0. The van der Waals surface area contributed by atoms with E-state index in [0.717, 1.165) is 13.1 Å². The highest BCUT2D eigenvalue weighted by molar-refractivity contribution is 6.08. The first-order chi connectivity index (χ1) is 14.8. The summed E-state index contributed by atoms with van der Waals surface area (Å²) < 4.78 is 2.44. The van der Waals surface area contributed by atoms with Crippen molar-refractivity contribution in [3.05, 3.63) is 83.4 Å². The van der Waals surface area contributed by atoms with Crippen LogP contribution in [0.4, 0.5) is 0 Å². The standard InChI is InChI=1S/C28H30N2/c1-2-30-26-10-6-4-8-23(26)24-19-21(11-12-27(24)30)20-29-17-15-28(16-18-29)14-13-22-7-3-5-9-25(22)28/h3-12,19H,2,13-18,20H2,1H3. The fraction of sp³-hybridized carbons (Fsp3) is 0.357. The predicted molar refractivity (Wildman–Crippen MR) is 126 cm³/mol. The molecule has 152 valence electrons. The quantitative estimate of drug-likeness (QED) is 0.396. The number of hydrogen-bond donors (Lipinski definition) is 0. The minimum absolute atomic E-state index is 0.450. The molecule has 0 atom stereocenters. The van der Waals surface area contributed by atoms with Crippen LogP contribution in [0.5, 0.6) is 0 Å². The molecule has 3 aromatic carbocycles. The molecule has 0 amide bonds. The van der Waals surface area contributed by atoms with E-state index in [-0.39, 0.29) is 0 Å². The van der Waals surface area contributed by atoms with Crippen LogP contribution < -0.4 is 0 Å². The van der Waals surface area contributed by atoms with Gasteiger partial charge in [0.2, 0.25) is 0 Å². The van der Waals surface area contributed by atoms with E-state index >= 15 is 0 Å². The fourth-order valence-corrected chi connectivity index (χ4v) is 6.22. The molecule has 0 radical (unpaired) electrons. The van der Waals surface area contributed by atoms with E-state index in [1.807, 2.05) is 0 Å². The highest BCUT2D eigenvalue weighted by Crippen LogP contribution is 2.46. The maximum atomic E-state index is 2.67. The Balaban J connectivity index is 1.25. The van der Waals surface area contributed by atoms with Crippen molar-refractivity contribution in [2.75, 3.05) is 13.1 Å². The second-order valence-corrected chi connectivity index (χ2v) is 9.33. The molecule has 1 aliphatic carbocycles. The molecule has 0 N–H and O–H groups in total. The highest BCUT2D eigenvalue weighted by atomic mass is 15.1. The van der Waals surface area contributed by atoms with Gasteiger partial charge < -0.3 is 4.57 Å². The summed E-state index contributed by atoms with van der Waals surface area (Å²) in [6.45, 7) is 6.75. The number of aryl methyl sites for hydroxylation is 2. The molecule has 1 saturated heterocycles. The summed E-state index contributed by atoms with van der Waals surface area (Å²) in [5.74, 6) is 0. The number of nitrogens with zero attached hydrogens (tertiary/aromatic N) is 2. The first-order valence-electron chi connectivity index (χ1n) is 11.6. The topological polar surface area (TPSA) is 8.17 Å². The Kier molecular flexibility index (Phi) is 4.24. The average molecular weight is 395 g/mol. The van der Waals surface area contributed by atoms with Crippen LogP contribution in [0.3, 0.4) is 0 Å². The lowest BCUT2D eigenvalue weighted by atomic mass is 9.74. The Morgan fingerprint density at radius 2 is 1.57 bits per heavy atom. The van der Waals surface area contributed by atoms with Crippen LogP contribution in [0.25, 0.3) is 21.8 Å². The molecule has 0 saturated carbocycles. The normalized spacial score (nSPS) is 18.4. The molecular weight excluding hydrogens is 364 g/mol. The van der Waals surface area contributed by atoms with Crippen molar-refractivity contribution in [3.63, 3.8) is 0 Å². The van der Waals surface area contributed by atoms with Gasteiger partial charge in [-0.3, -0.25) is 4.90 Å². The first kappa shape index (κ1) is 18.2. The van der Waals surface area contributed by atoms with Crippen molar-refractivity contribution in [2.45, 2.75) is 51.1 Å². The summed E-state index contributed by atoms with van der Waals surface area (Å²) in [5.41, 5.74) is 7.87. The van der Waals surface area contributed by atoms with Crippen molar-refractivity contribution in [3.8, 4) is 0 Å². The van der Waals surface area contributed by atoms with E-state index in [1.54, 1.807) is 11.1 Å². The second kappa shape index (κ2) is 6.99. The van der Waals surface area contributed by atoms with E-state index in [1.165, 1.54) is 66.1 Å². The Morgan fingerprint density at radius 3 is 2.43 bits per heavy atom. The Morgan fingerprint density at radius 1 is 0.800 bits per heavy atom. The van der Waals surface area contributed by atoms with Gasteiger partial charge in [0.25, 0.3) is 0 Å². The number of aromatic nitrogens is 1. The third-order valence-corrected chi connectivity index (χ3v) is 7.83. The van der Waals surface area contributed by atoms with Gasteiger partial charge in [-0.15, -0.1) is 0 Å². The molecule has 1 aromatic heterocycles. The van der Waals surface area contributed by atoms with Gasteiger partial charge in [0.1, 0.15) is 0 Å². The Bertz CT molecular complexity index is 1220. The van der Waals surface area contributed by atoms with Crippen molar-refractivity contribution >= 4 is 21.8 Å². The van der Waals surface area contributed by atoms with E-state index in [4.69, 9.17) is 0 Å². The summed E-state index contributed by atoms with van der Waals surface area (Å²) in [7, 11) is 0. The lowest BCUT2D eigenvalue weighted by Gasteiger charge is -2.40. The number of hydrogen-bond acceptors (Lipinski definition) is 1. The highest BCUT2D eigenvalue weighted by Gasteiger charge is 2.40. The fourth-order valence-electron chi connectivity index (χ4n) is 6.22. The zero-order valence-electron chi connectivity index (χ0n) is 17.9. The van der Waals surface area contributed by atoms with Crippen LogP contribution in [0.1, 0.15) is 42.9 Å². The molecule has 1 spiro atoms. The molecule has 2 heteroatoms. The summed E-state index contributed by atoms with van der Waals surface area (Å²) in [4.78, 5) is 2.67. The average Bonchev–Trinajstić information content (AvgIpc) is 3.31.